The first-order valence-corrected chi connectivity index (χ1v) is 5.65. The number of benzene rings is 1. The monoisotopic (exact) mass is 227 g/mol. The van der Waals surface area contributed by atoms with E-state index in [1.54, 1.807) is 4.68 Å². The van der Waals surface area contributed by atoms with Crippen molar-refractivity contribution < 1.29 is 4.74 Å². The molecule has 0 saturated carbocycles. The summed E-state index contributed by atoms with van der Waals surface area (Å²) in [4.78, 5) is 0. The molecule has 86 valence electrons. The van der Waals surface area contributed by atoms with Crippen LogP contribution in [0, 0.1) is 11.8 Å². The molecule has 1 saturated heterocycles. The third-order valence-electron chi connectivity index (χ3n) is 3.13. The van der Waals surface area contributed by atoms with Crippen LogP contribution in [0.5, 0.6) is 0 Å². The second kappa shape index (κ2) is 3.57. The Morgan fingerprint density at radius 1 is 1.47 bits per heavy atom. The molecule has 2 heterocycles. The molecule has 2 aromatic rings. The van der Waals surface area contributed by atoms with Crippen molar-refractivity contribution in [2.24, 2.45) is 0 Å². The Labute approximate surface area is 99.6 Å². The van der Waals surface area contributed by atoms with Crippen LogP contribution in [0.15, 0.2) is 24.3 Å². The SMILES string of the molecule is CC1OC1(C)C#CCn1nnc2ccccc21. The zero-order chi connectivity index (χ0) is 11.9. The predicted molar refractivity (Wildman–Crippen MR) is 64.3 cm³/mol. The predicted octanol–water partition coefficient (Wildman–Crippen LogP) is 1.61. The average Bonchev–Trinajstić information content (AvgIpc) is 2.76. The van der Waals surface area contributed by atoms with E-state index < -0.39 is 0 Å². The third-order valence-corrected chi connectivity index (χ3v) is 3.13. The molecule has 0 radical (unpaired) electrons. The summed E-state index contributed by atoms with van der Waals surface area (Å²) in [6.45, 7) is 4.58. The first kappa shape index (κ1) is 10.3. The summed E-state index contributed by atoms with van der Waals surface area (Å²) in [5, 5.41) is 8.16. The van der Waals surface area contributed by atoms with Gasteiger partial charge in [0.25, 0.3) is 0 Å². The van der Waals surface area contributed by atoms with Gasteiger partial charge in [-0.05, 0) is 26.0 Å². The largest absolute Gasteiger partial charge is 0.353 e. The minimum Gasteiger partial charge on any atom is -0.353 e. The fraction of sp³-hybridized carbons (Fsp3) is 0.385. The molecular weight excluding hydrogens is 214 g/mol. The van der Waals surface area contributed by atoms with E-state index in [9.17, 15) is 0 Å². The molecule has 1 aromatic carbocycles. The van der Waals surface area contributed by atoms with Gasteiger partial charge < -0.3 is 4.74 Å². The molecule has 0 aliphatic carbocycles. The third kappa shape index (κ3) is 1.79. The summed E-state index contributed by atoms with van der Waals surface area (Å²) >= 11 is 0. The highest BCUT2D eigenvalue weighted by Gasteiger charge is 2.47. The summed E-state index contributed by atoms with van der Waals surface area (Å²) in [7, 11) is 0. The van der Waals surface area contributed by atoms with Crippen LogP contribution >= 0.6 is 0 Å². The van der Waals surface area contributed by atoms with E-state index in [-0.39, 0.29) is 11.7 Å². The fourth-order valence-electron chi connectivity index (χ4n) is 1.79. The molecular formula is C13H13N3O. The van der Waals surface area contributed by atoms with Crippen LogP contribution in [0.1, 0.15) is 13.8 Å². The molecule has 4 nitrogen and oxygen atoms in total. The highest BCUT2D eigenvalue weighted by Crippen LogP contribution is 2.34. The van der Waals surface area contributed by atoms with E-state index in [1.165, 1.54) is 0 Å². The van der Waals surface area contributed by atoms with Crippen LogP contribution in [0.4, 0.5) is 0 Å². The molecule has 1 fully saturated rings. The van der Waals surface area contributed by atoms with E-state index in [4.69, 9.17) is 4.74 Å². The number of fused-ring (bicyclic) bond motifs is 1. The molecule has 0 N–H and O–H groups in total. The van der Waals surface area contributed by atoms with Crippen LogP contribution in [0.3, 0.4) is 0 Å². The number of rotatable bonds is 1. The summed E-state index contributed by atoms with van der Waals surface area (Å²) < 4.78 is 7.20. The van der Waals surface area contributed by atoms with E-state index in [1.807, 2.05) is 38.1 Å². The smallest absolute Gasteiger partial charge is 0.152 e. The van der Waals surface area contributed by atoms with Gasteiger partial charge in [0.15, 0.2) is 5.60 Å². The molecule has 1 aliphatic heterocycles. The van der Waals surface area contributed by atoms with Crippen molar-refractivity contribution in [1.82, 2.24) is 15.0 Å². The topological polar surface area (TPSA) is 43.2 Å². The van der Waals surface area contributed by atoms with Gasteiger partial charge in [-0.3, -0.25) is 0 Å². The quantitative estimate of drug-likeness (QED) is 0.549. The zero-order valence-electron chi connectivity index (χ0n) is 9.84. The molecule has 1 aliphatic rings. The van der Waals surface area contributed by atoms with E-state index in [0.717, 1.165) is 11.0 Å². The fourth-order valence-corrected chi connectivity index (χ4v) is 1.79. The van der Waals surface area contributed by atoms with Crippen molar-refractivity contribution in [2.75, 3.05) is 0 Å². The molecule has 0 spiro atoms. The van der Waals surface area contributed by atoms with Crippen LogP contribution in [0.2, 0.25) is 0 Å². The molecule has 17 heavy (non-hydrogen) atoms. The summed E-state index contributed by atoms with van der Waals surface area (Å²) in [6.07, 6.45) is 0.238. The summed E-state index contributed by atoms with van der Waals surface area (Å²) in [5.41, 5.74) is 1.66. The van der Waals surface area contributed by atoms with E-state index >= 15 is 0 Å². The van der Waals surface area contributed by atoms with Gasteiger partial charge in [-0.2, -0.15) is 0 Å². The van der Waals surface area contributed by atoms with Gasteiger partial charge in [-0.1, -0.05) is 29.2 Å². The van der Waals surface area contributed by atoms with Crippen LogP contribution in [-0.4, -0.2) is 26.7 Å². The molecule has 2 unspecified atom stereocenters. The molecule has 3 rings (SSSR count). The van der Waals surface area contributed by atoms with Gasteiger partial charge in [-0.15, -0.1) is 5.10 Å². The van der Waals surface area contributed by atoms with Crippen molar-refractivity contribution >= 4 is 11.0 Å². The highest BCUT2D eigenvalue weighted by molar-refractivity contribution is 5.73. The lowest BCUT2D eigenvalue weighted by atomic mass is 10.1. The second-order valence-electron chi connectivity index (χ2n) is 4.40. The molecule has 1 aromatic heterocycles. The molecule has 2 atom stereocenters. The van der Waals surface area contributed by atoms with Crippen molar-refractivity contribution in [3.8, 4) is 11.8 Å². The first-order valence-electron chi connectivity index (χ1n) is 5.65. The van der Waals surface area contributed by atoms with Gasteiger partial charge in [0.1, 0.15) is 12.1 Å². The Morgan fingerprint density at radius 2 is 2.24 bits per heavy atom. The van der Waals surface area contributed by atoms with E-state index in [2.05, 4.69) is 22.2 Å². The first-order chi connectivity index (χ1) is 8.19. The van der Waals surface area contributed by atoms with Gasteiger partial charge >= 0.3 is 0 Å². The van der Waals surface area contributed by atoms with Gasteiger partial charge in [0.2, 0.25) is 0 Å². The normalized spacial score (nSPS) is 26.6. The van der Waals surface area contributed by atoms with Gasteiger partial charge in [0, 0.05) is 0 Å². The zero-order valence-corrected chi connectivity index (χ0v) is 9.84. The maximum absolute atomic E-state index is 5.39. The summed E-state index contributed by atoms with van der Waals surface area (Å²) in [6, 6.07) is 7.87. The number of nitrogens with zero attached hydrogens (tertiary/aromatic N) is 3. The lowest BCUT2D eigenvalue weighted by molar-refractivity contribution is 0.355. The van der Waals surface area contributed by atoms with Crippen LogP contribution in [0.25, 0.3) is 11.0 Å². The van der Waals surface area contributed by atoms with Crippen LogP contribution < -0.4 is 0 Å². The number of ether oxygens (including phenoxy) is 1. The number of hydrogen-bond acceptors (Lipinski definition) is 3. The molecule has 0 amide bonds. The molecule has 0 bridgehead atoms. The Kier molecular flexibility index (Phi) is 2.17. The minimum atomic E-state index is -0.254. The number of para-hydroxylation sites is 1. The van der Waals surface area contributed by atoms with Crippen LogP contribution in [-0.2, 0) is 11.3 Å². The van der Waals surface area contributed by atoms with Crippen molar-refractivity contribution in [1.29, 1.82) is 0 Å². The van der Waals surface area contributed by atoms with Gasteiger partial charge in [-0.25, -0.2) is 4.68 Å². The lowest BCUT2D eigenvalue weighted by Crippen LogP contribution is -2.04. The van der Waals surface area contributed by atoms with E-state index in [0.29, 0.717) is 6.54 Å². The van der Waals surface area contributed by atoms with Crippen molar-refractivity contribution in [3.63, 3.8) is 0 Å². The lowest BCUT2D eigenvalue weighted by Gasteiger charge is -1.95. The summed E-state index contributed by atoms with van der Waals surface area (Å²) in [5.74, 6) is 6.22. The van der Waals surface area contributed by atoms with Crippen molar-refractivity contribution in [2.45, 2.75) is 32.1 Å². The van der Waals surface area contributed by atoms with Gasteiger partial charge in [0.05, 0.1) is 11.6 Å². The molecule has 4 heteroatoms. The Balaban J connectivity index is 1.82. The number of epoxide rings is 1. The maximum Gasteiger partial charge on any atom is 0.152 e. The second-order valence-corrected chi connectivity index (χ2v) is 4.40. The standard InChI is InChI=1S/C13H13N3O/c1-10-13(2,17-10)8-5-9-16-12-7-4-3-6-11(12)14-15-16/h3-4,6-7,10H,9H2,1-2H3. The van der Waals surface area contributed by atoms with Crippen molar-refractivity contribution in [3.05, 3.63) is 24.3 Å². The highest BCUT2D eigenvalue weighted by atomic mass is 16.6. The number of aromatic nitrogens is 3. The average molecular weight is 227 g/mol. The Morgan fingerprint density at radius 3 is 3.00 bits per heavy atom. The Hall–Kier alpha value is -1.86. The Bertz CT molecular complexity index is 622. The maximum atomic E-state index is 5.39. The minimum absolute atomic E-state index is 0.238. The number of hydrogen-bond donors (Lipinski definition) is 0.